The molecule has 9 heteroatoms. The lowest BCUT2D eigenvalue weighted by atomic mass is 10.2. The molecule has 1 aromatic carbocycles. The van der Waals surface area contributed by atoms with Crippen LogP contribution in [0.2, 0.25) is 5.02 Å². The monoisotopic (exact) mass is 444 g/mol. The molecule has 6 nitrogen and oxygen atoms in total. The third kappa shape index (κ3) is 6.22. The predicted octanol–water partition coefficient (Wildman–Crippen LogP) is 5.07. The van der Waals surface area contributed by atoms with Gasteiger partial charge in [0.15, 0.2) is 5.11 Å². The summed E-state index contributed by atoms with van der Waals surface area (Å²) in [6.45, 7) is 6.28. The van der Waals surface area contributed by atoms with Crippen molar-refractivity contribution < 1.29 is 0 Å². The minimum atomic E-state index is 0.360. The van der Waals surface area contributed by atoms with Crippen LogP contribution in [0.1, 0.15) is 21.8 Å². The van der Waals surface area contributed by atoms with Gasteiger partial charge < -0.3 is 10.6 Å². The van der Waals surface area contributed by atoms with E-state index in [1.807, 2.05) is 62.5 Å². The van der Waals surface area contributed by atoms with E-state index in [1.54, 1.807) is 11.3 Å². The molecule has 2 heterocycles. The summed E-state index contributed by atoms with van der Waals surface area (Å²) in [5, 5.41) is 12.3. The number of guanidine groups is 1. The second-order valence-corrected chi connectivity index (χ2v) is 8.18. The topological polar surface area (TPSA) is 74.2 Å². The van der Waals surface area contributed by atoms with E-state index in [0.717, 1.165) is 27.5 Å². The molecular weight excluding hydrogens is 424 g/mol. The molecule has 0 saturated carbocycles. The maximum absolute atomic E-state index is 6.35. The second-order valence-electron chi connectivity index (χ2n) is 6.36. The number of benzene rings is 1. The maximum Gasteiger partial charge on any atom is 0.229 e. The van der Waals surface area contributed by atoms with Crippen molar-refractivity contribution in [2.24, 2.45) is 4.99 Å². The van der Waals surface area contributed by atoms with Crippen LogP contribution in [0.4, 0.5) is 11.6 Å². The van der Waals surface area contributed by atoms with E-state index in [2.05, 4.69) is 30.9 Å². The van der Waals surface area contributed by atoms with Crippen LogP contribution in [0.25, 0.3) is 0 Å². The van der Waals surface area contributed by atoms with E-state index in [9.17, 15) is 0 Å². The van der Waals surface area contributed by atoms with Crippen LogP contribution in [0.3, 0.4) is 0 Å². The van der Waals surface area contributed by atoms with Crippen LogP contribution in [0.5, 0.6) is 0 Å². The van der Waals surface area contributed by atoms with Gasteiger partial charge >= 0.3 is 0 Å². The molecule has 0 spiro atoms. The molecule has 29 heavy (non-hydrogen) atoms. The van der Waals surface area contributed by atoms with Crippen molar-refractivity contribution in [2.75, 3.05) is 10.6 Å². The molecule has 150 valence electrons. The highest BCUT2D eigenvalue weighted by Crippen LogP contribution is 2.24. The molecule has 3 aromatic rings. The van der Waals surface area contributed by atoms with E-state index in [1.165, 1.54) is 0 Å². The molecule has 0 aliphatic rings. The van der Waals surface area contributed by atoms with Gasteiger partial charge in [-0.15, -0.1) is 11.3 Å². The Morgan fingerprint density at radius 3 is 2.55 bits per heavy atom. The summed E-state index contributed by atoms with van der Waals surface area (Å²) in [7, 11) is 0. The second kappa shape index (κ2) is 9.78. The van der Waals surface area contributed by atoms with E-state index < -0.39 is 0 Å². The van der Waals surface area contributed by atoms with Crippen LogP contribution in [0.15, 0.2) is 46.8 Å². The van der Waals surface area contributed by atoms with Crippen molar-refractivity contribution in [1.82, 2.24) is 15.3 Å². The third-order valence-electron chi connectivity index (χ3n) is 3.86. The molecule has 0 aliphatic carbocycles. The van der Waals surface area contributed by atoms with Gasteiger partial charge in [-0.1, -0.05) is 29.8 Å². The first-order valence-electron chi connectivity index (χ1n) is 8.90. The lowest BCUT2D eigenvalue weighted by molar-refractivity contribution is 1.04. The number of anilines is 2. The summed E-state index contributed by atoms with van der Waals surface area (Å²) >= 11 is 13.5. The van der Waals surface area contributed by atoms with Crippen molar-refractivity contribution in [3.05, 3.63) is 68.6 Å². The molecule has 0 atom stereocenters. The van der Waals surface area contributed by atoms with Gasteiger partial charge in [-0.3, -0.25) is 5.32 Å². The molecule has 3 rings (SSSR count). The fourth-order valence-corrected chi connectivity index (χ4v) is 3.57. The van der Waals surface area contributed by atoms with Crippen LogP contribution >= 0.6 is 35.2 Å². The number of halogens is 1. The number of rotatable bonds is 4. The van der Waals surface area contributed by atoms with E-state index in [0.29, 0.717) is 28.6 Å². The molecular formula is C20H21ClN6S2. The third-order valence-corrected chi connectivity index (χ3v) is 5.42. The largest absolute Gasteiger partial charge is 0.331 e. The zero-order valence-corrected chi connectivity index (χ0v) is 18.7. The highest BCUT2D eigenvalue weighted by atomic mass is 35.5. The Morgan fingerprint density at radius 1 is 1.10 bits per heavy atom. The molecule has 2 aromatic heterocycles. The Morgan fingerprint density at radius 2 is 1.86 bits per heavy atom. The smallest absolute Gasteiger partial charge is 0.229 e. The minimum absolute atomic E-state index is 0.360. The number of aliphatic imine (C=N–C) groups is 1. The average Bonchev–Trinajstić information content (AvgIpc) is 3.16. The number of hydrogen-bond acceptors (Lipinski definition) is 5. The number of nitrogens with zero attached hydrogens (tertiary/aromatic N) is 3. The summed E-state index contributed by atoms with van der Waals surface area (Å²) in [5.41, 5.74) is 3.42. The fourth-order valence-electron chi connectivity index (χ4n) is 2.56. The highest BCUT2D eigenvalue weighted by molar-refractivity contribution is 7.80. The molecule has 0 radical (unpaired) electrons. The summed E-state index contributed by atoms with van der Waals surface area (Å²) in [5.74, 6) is 0.904. The van der Waals surface area contributed by atoms with E-state index in [4.69, 9.17) is 23.8 Å². The van der Waals surface area contributed by atoms with Gasteiger partial charge in [0.2, 0.25) is 11.9 Å². The summed E-state index contributed by atoms with van der Waals surface area (Å²) in [6.07, 6.45) is 0. The van der Waals surface area contributed by atoms with Gasteiger partial charge in [0.1, 0.15) is 0 Å². The Labute approximate surface area is 184 Å². The van der Waals surface area contributed by atoms with Crippen molar-refractivity contribution in [3.8, 4) is 0 Å². The van der Waals surface area contributed by atoms with Crippen molar-refractivity contribution >= 4 is 57.9 Å². The zero-order valence-electron chi connectivity index (χ0n) is 16.3. The first kappa shape index (κ1) is 21.2. The standard InChI is InChI=1S/C20H21ClN6S2/c1-12-6-4-8-16(17(12)21)25-20(28)27-18(22-11-15-7-5-9-29-15)26-19-23-13(2)10-14(3)24-19/h4-10H,11H2,1-3H3,(H3,22,23,24,25,26,27,28). The summed E-state index contributed by atoms with van der Waals surface area (Å²) in [4.78, 5) is 14.6. The number of nitrogens with one attached hydrogen (secondary N) is 3. The van der Waals surface area contributed by atoms with Crippen LogP contribution in [-0.2, 0) is 6.54 Å². The van der Waals surface area contributed by atoms with E-state index >= 15 is 0 Å². The average molecular weight is 445 g/mol. The van der Waals surface area contributed by atoms with Crippen LogP contribution < -0.4 is 16.0 Å². The Balaban J connectivity index is 1.77. The molecule has 3 N–H and O–H groups in total. The van der Waals surface area contributed by atoms with Crippen LogP contribution in [0, 0.1) is 20.8 Å². The number of aryl methyl sites for hydroxylation is 3. The molecule has 0 amide bonds. The normalized spacial score (nSPS) is 11.2. The molecule has 0 fully saturated rings. The Bertz CT molecular complexity index is 1010. The minimum Gasteiger partial charge on any atom is -0.331 e. The predicted molar refractivity (Wildman–Crippen MR) is 126 cm³/mol. The molecule has 0 saturated heterocycles. The number of thiocarbonyl (C=S) groups is 1. The summed E-state index contributed by atoms with van der Waals surface area (Å²) < 4.78 is 0. The van der Waals surface area contributed by atoms with Gasteiger partial charge in [0.05, 0.1) is 17.3 Å². The van der Waals surface area contributed by atoms with Gasteiger partial charge in [-0.05, 0) is 62.1 Å². The van der Waals surface area contributed by atoms with Gasteiger partial charge in [-0.2, -0.15) is 0 Å². The van der Waals surface area contributed by atoms with Gasteiger partial charge in [0.25, 0.3) is 0 Å². The fraction of sp³-hybridized carbons (Fsp3) is 0.200. The lowest BCUT2D eigenvalue weighted by Gasteiger charge is -2.15. The van der Waals surface area contributed by atoms with Crippen molar-refractivity contribution in [1.29, 1.82) is 0 Å². The zero-order chi connectivity index (χ0) is 20.8. The Hall–Kier alpha value is -2.55. The van der Waals surface area contributed by atoms with Gasteiger partial charge in [-0.25, -0.2) is 15.0 Å². The maximum atomic E-state index is 6.35. The highest BCUT2D eigenvalue weighted by Gasteiger charge is 2.09. The number of thiophene rings is 1. The van der Waals surface area contributed by atoms with E-state index in [-0.39, 0.29) is 0 Å². The Kier molecular flexibility index (Phi) is 7.13. The van der Waals surface area contributed by atoms with Crippen molar-refractivity contribution in [3.63, 3.8) is 0 Å². The summed E-state index contributed by atoms with van der Waals surface area (Å²) in [6, 6.07) is 11.7. The molecule has 0 aliphatic heterocycles. The first-order valence-corrected chi connectivity index (χ1v) is 10.6. The number of hydrogen-bond donors (Lipinski definition) is 3. The quantitative estimate of drug-likeness (QED) is 0.296. The number of aromatic nitrogens is 2. The molecule has 0 bridgehead atoms. The molecule has 0 unspecified atom stereocenters. The SMILES string of the molecule is Cc1cc(C)nc(NC(=NCc2cccs2)NC(=S)Nc2cccc(C)c2Cl)n1. The lowest BCUT2D eigenvalue weighted by Crippen LogP contribution is -2.39. The first-order chi connectivity index (χ1) is 13.9. The van der Waals surface area contributed by atoms with Crippen LogP contribution in [-0.4, -0.2) is 21.0 Å². The van der Waals surface area contributed by atoms with Crippen molar-refractivity contribution in [2.45, 2.75) is 27.3 Å². The van der Waals surface area contributed by atoms with Gasteiger partial charge in [0, 0.05) is 16.3 Å².